The number of para-hydroxylation sites is 1. The van der Waals surface area contributed by atoms with E-state index in [-0.39, 0.29) is 18.0 Å². The van der Waals surface area contributed by atoms with Crippen molar-refractivity contribution in [3.63, 3.8) is 0 Å². The molecule has 1 amide bonds. The Hall–Kier alpha value is -3.52. The van der Waals surface area contributed by atoms with Crippen LogP contribution in [0.2, 0.25) is 5.02 Å². The first-order chi connectivity index (χ1) is 14.0. The lowest BCUT2D eigenvalue weighted by Crippen LogP contribution is -2.34. The molecule has 0 aliphatic carbocycles. The molecule has 0 atom stereocenters. The second-order valence-corrected chi connectivity index (χ2v) is 6.98. The molecule has 0 bridgehead atoms. The van der Waals surface area contributed by atoms with Crippen molar-refractivity contribution < 1.29 is 4.79 Å². The second-order valence-electron chi connectivity index (χ2n) is 6.57. The molecule has 0 saturated heterocycles. The summed E-state index contributed by atoms with van der Waals surface area (Å²) in [7, 11) is 1.66. The van der Waals surface area contributed by atoms with Gasteiger partial charge in [0.1, 0.15) is 12.9 Å². The van der Waals surface area contributed by atoms with Crippen LogP contribution in [0.4, 0.5) is 5.69 Å². The first kappa shape index (κ1) is 18.8. The molecule has 0 saturated carbocycles. The molecule has 2 aromatic carbocycles. The van der Waals surface area contributed by atoms with Crippen molar-refractivity contribution in [1.82, 2.24) is 24.5 Å². The zero-order valence-electron chi connectivity index (χ0n) is 15.8. The topological polar surface area (TPSA) is 85.9 Å². The van der Waals surface area contributed by atoms with Crippen LogP contribution in [-0.2, 0) is 11.3 Å². The average Bonchev–Trinajstić information content (AvgIpc) is 3.17. The fraction of sp³-hybridized carbons (Fsp3) is 0.150. The minimum Gasteiger partial charge on any atom is -0.314 e. The number of rotatable bonds is 4. The standard InChI is InChI=1S/C20H17ClN6O2/c1-13-8-9-15(10-16(13)21)27-19-18(23-24-27)20(29)26(12-22-19)11-17(28)25(2)14-6-4-3-5-7-14/h3-10,12H,11H2,1-2H3. The summed E-state index contributed by atoms with van der Waals surface area (Å²) in [5.74, 6) is -0.253. The Labute approximate surface area is 171 Å². The first-order valence-electron chi connectivity index (χ1n) is 8.84. The van der Waals surface area contributed by atoms with Gasteiger partial charge in [-0.3, -0.25) is 14.2 Å². The Kier molecular flexibility index (Phi) is 4.85. The third kappa shape index (κ3) is 3.50. The fourth-order valence-corrected chi connectivity index (χ4v) is 3.07. The molecule has 8 nitrogen and oxygen atoms in total. The zero-order valence-corrected chi connectivity index (χ0v) is 16.5. The SMILES string of the molecule is Cc1ccc(-n2nnc3c(=O)n(CC(=O)N(C)c4ccccc4)cnc32)cc1Cl. The van der Waals surface area contributed by atoms with Gasteiger partial charge in [0.05, 0.1) is 5.69 Å². The van der Waals surface area contributed by atoms with Crippen molar-refractivity contribution in [3.8, 4) is 5.69 Å². The van der Waals surface area contributed by atoms with Crippen molar-refractivity contribution in [1.29, 1.82) is 0 Å². The van der Waals surface area contributed by atoms with E-state index in [1.165, 1.54) is 20.5 Å². The molecule has 2 heterocycles. The highest BCUT2D eigenvalue weighted by Gasteiger charge is 2.17. The number of aromatic nitrogens is 5. The predicted octanol–water partition coefficient (Wildman–Crippen LogP) is 2.60. The molecule has 29 heavy (non-hydrogen) atoms. The highest BCUT2D eigenvalue weighted by molar-refractivity contribution is 6.31. The summed E-state index contributed by atoms with van der Waals surface area (Å²) in [5.41, 5.74) is 2.26. The van der Waals surface area contributed by atoms with E-state index in [0.29, 0.717) is 16.4 Å². The van der Waals surface area contributed by atoms with Crippen LogP contribution in [0.5, 0.6) is 0 Å². The Morgan fingerprint density at radius 3 is 2.66 bits per heavy atom. The molecule has 0 radical (unpaired) electrons. The van der Waals surface area contributed by atoms with Crippen LogP contribution in [0.25, 0.3) is 16.9 Å². The quantitative estimate of drug-likeness (QED) is 0.518. The van der Waals surface area contributed by atoms with E-state index in [4.69, 9.17) is 11.6 Å². The van der Waals surface area contributed by atoms with Crippen LogP contribution in [0.1, 0.15) is 5.56 Å². The molecule has 0 aliphatic rings. The summed E-state index contributed by atoms with van der Waals surface area (Å²) in [6.45, 7) is 1.74. The van der Waals surface area contributed by atoms with Crippen molar-refractivity contribution in [2.24, 2.45) is 0 Å². The van der Waals surface area contributed by atoms with Crippen LogP contribution < -0.4 is 10.5 Å². The molecule has 9 heteroatoms. The molecular weight excluding hydrogens is 392 g/mol. The Balaban J connectivity index is 1.66. The first-order valence-corrected chi connectivity index (χ1v) is 9.22. The number of fused-ring (bicyclic) bond motifs is 1. The monoisotopic (exact) mass is 408 g/mol. The number of benzene rings is 2. The summed E-state index contributed by atoms with van der Waals surface area (Å²) in [5, 5.41) is 8.58. The number of amides is 1. The van der Waals surface area contributed by atoms with Crippen molar-refractivity contribution in [2.75, 3.05) is 11.9 Å². The van der Waals surface area contributed by atoms with Gasteiger partial charge in [0.25, 0.3) is 5.56 Å². The minimum atomic E-state index is -0.436. The normalized spacial score (nSPS) is 11.0. The van der Waals surface area contributed by atoms with Gasteiger partial charge in [-0.15, -0.1) is 5.10 Å². The number of halogens is 1. The average molecular weight is 409 g/mol. The number of carbonyl (C=O) groups is 1. The fourth-order valence-electron chi connectivity index (χ4n) is 2.89. The van der Waals surface area contributed by atoms with Gasteiger partial charge in [0, 0.05) is 17.8 Å². The maximum atomic E-state index is 12.8. The van der Waals surface area contributed by atoms with E-state index in [1.54, 1.807) is 13.1 Å². The van der Waals surface area contributed by atoms with E-state index in [1.807, 2.05) is 49.4 Å². The summed E-state index contributed by atoms with van der Waals surface area (Å²) in [6, 6.07) is 14.6. The largest absolute Gasteiger partial charge is 0.314 e. The van der Waals surface area contributed by atoms with Crippen LogP contribution in [0.15, 0.2) is 59.7 Å². The molecule has 146 valence electrons. The third-order valence-corrected chi connectivity index (χ3v) is 5.06. The van der Waals surface area contributed by atoms with Gasteiger partial charge in [0.2, 0.25) is 5.91 Å². The Bertz CT molecular complexity index is 1270. The number of nitrogens with zero attached hydrogens (tertiary/aromatic N) is 6. The summed E-state index contributed by atoms with van der Waals surface area (Å²) in [4.78, 5) is 31.2. The van der Waals surface area contributed by atoms with E-state index in [2.05, 4.69) is 15.3 Å². The number of likely N-dealkylation sites (N-methyl/N-ethyl adjacent to an activating group) is 1. The van der Waals surface area contributed by atoms with Crippen LogP contribution in [0.3, 0.4) is 0 Å². The lowest BCUT2D eigenvalue weighted by molar-refractivity contribution is -0.118. The van der Waals surface area contributed by atoms with Crippen molar-refractivity contribution in [2.45, 2.75) is 13.5 Å². The maximum Gasteiger partial charge on any atom is 0.284 e. The number of carbonyl (C=O) groups excluding carboxylic acids is 1. The Morgan fingerprint density at radius 1 is 1.17 bits per heavy atom. The maximum absolute atomic E-state index is 12.8. The van der Waals surface area contributed by atoms with Crippen molar-refractivity contribution in [3.05, 3.63) is 75.8 Å². The third-order valence-electron chi connectivity index (χ3n) is 4.65. The minimum absolute atomic E-state index is 0.0827. The number of hydrogen-bond acceptors (Lipinski definition) is 5. The molecule has 0 unspecified atom stereocenters. The van der Waals surface area contributed by atoms with Gasteiger partial charge in [-0.2, -0.15) is 4.68 Å². The highest BCUT2D eigenvalue weighted by atomic mass is 35.5. The van der Waals surface area contributed by atoms with E-state index < -0.39 is 5.56 Å². The molecule has 0 fully saturated rings. The number of anilines is 1. The van der Waals surface area contributed by atoms with Crippen molar-refractivity contribution >= 4 is 34.4 Å². The molecule has 0 spiro atoms. The molecule has 4 aromatic rings. The second kappa shape index (κ2) is 7.48. The molecule has 0 aliphatic heterocycles. The molecule has 0 N–H and O–H groups in total. The summed E-state index contributed by atoms with van der Waals surface area (Å²) < 4.78 is 2.68. The van der Waals surface area contributed by atoms with E-state index in [9.17, 15) is 9.59 Å². The smallest absolute Gasteiger partial charge is 0.284 e. The summed E-state index contributed by atoms with van der Waals surface area (Å²) in [6.07, 6.45) is 1.33. The zero-order chi connectivity index (χ0) is 20.5. The number of hydrogen-bond donors (Lipinski definition) is 0. The van der Waals surface area contributed by atoms with Crippen LogP contribution >= 0.6 is 11.6 Å². The lowest BCUT2D eigenvalue weighted by atomic mass is 10.2. The van der Waals surface area contributed by atoms with E-state index in [0.717, 1.165) is 11.3 Å². The van der Waals surface area contributed by atoms with Gasteiger partial charge >= 0.3 is 0 Å². The highest BCUT2D eigenvalue weighted by Crippen LogP contribution is 2.20. The van der Waals surface area contributed by atoms with Crippen LogP contribution in [0, 0.1) is 6.92 Å². The van der Waals surface area contributed by atoms with Gasteiger partial charge in [-0.1, -0.05) is 41.1 Å². The van der Waals surface area contributed by atoms with Gasteiger partial charge < -0.3 is 4.90 Å². The molecule has 2 aromatic heterocycles. The summed E-state index contributed by atoms with van der Waals surface area (Å²) >= 11 is 6.19. The van der Waals surface area contributed by atoms with Gasteiger partial charge in [0.15, 0.2) is 11.2 Å². The predicted molar refractivity (Wildman–Crippen MR) is 111 cm³/mol. The Morgan fingerprint density at radius 2 is 1.93 bits per heavy atom. The molecule has 4 rings (SSSR count). The van der Waals surface area contributed by atoms with Gasteiger partial charge in [-0.05, 0) is 36.8 Å². The van der Waals surface area contributed by atoms with Gasteiger partial charge in [-0.25, -0.2) is 4.98 Å². The lowest BCUT2D eigenvalue weighted by Gasteiger charge is -2.17. The van der Waals surface area contributed by atoms with Crippen LogP contribution in [-0.4, -0.2) is 37.5 Å². The van der Waals surface area contributed by atoms with E-state index >= 15 is 0 Å². The number of aryl methyl sites for hydroxylation is 1. The molecular formula is C20H17ClN6O2.